The highest BCUT2D eigenvalue weighted by molar-refractivity contribution is 9.10. The van der Waals surface area contributed by atoms with Crippen LogP contribution in [0.2, 0.25) is 0 Å². The van der Waals surface area contributed by atoms with Gasteiger partial charge in [0, 0.05) is 17.1 Å². The first-order valence-corrected chi connectivity index (χ1v) is 6.62. The van der Waals surface area contributed by atoms with Gasteiger partial charge in [0.05, 0.1) is 6.54 Å². The summed E-state index contributed by atoms with van der Waals surface area (Å²) in [6.45, 7) is 4.36. The van der Waals surface area contributed by atoms with Crippen molar-refractivity contribution in [3.8, 4) is 0 Å². The largest absolute Gasteiger partial charge is 0.480 e. The molecule has 100 valence electrons. The van der Waals surface area contributed by atoms with E-state index in [0.29, 0.717) is 11.0 Å². The number of benzene rings is 1. The van der Waals surface area contributed by atoms with E-state index in [-0.39, 0.29) is 18.4 Å². The number of hydrogen-bond donors (Lipinski definition) is 1. The maximum atomic E-state index is 13.3. The molecule has 0 fully saturated rings. The van der Waals surface area contributed by atoms with E-state index in [1.165, 1.54) is 12.1 Å². The minimum Gasteiger partial charge on any atom is -0.480 e. The summed E-state index contributed by atoms with van der Waals surface area (Å²) >= 11 is 3.23. The van der Waals surface area contributed by atoms with E-state index in [1.54, 1.807) is 6.07 Å². The Balaban J connectivity index is 2.84. The molecular formula is C13H17BrFNO2. The van der Waals surface area contributed by atoms with Gasteiger partial charge in [-0.1, -0.05) is 22.9 Å². The first-order chi connectivity index (χ1) is 8.42. The third-order valence-electron chi connectivity index (χ3n) is 2.86. The number of carboxylic acid groups (broad SMARTS) is 1. The lowest BCUT2D eigenvalue weighted by Gasteiger charge is -2.26. The number of carbonyl (C=O) groups is 1. The molecule has 0 aliphatic carbocycles. The van der Waals surface area contributed by atoms with Crippen LogP contribution < -0.4 is 0 Å². The summed E-state index contributed by atoms with van der Waals surface area (Å²) < 4.78 is 13.9. The van der Waals surface area contributed by atoms with Crippen LogP contribution in [0.3, 0.4) is 0 Å². The van der Waals surface area contributed by atoms with Gasteiger partial charge in [0.25, 0.3) is 0 Å². The van der Waals surface area contributed by atoms with Gasteiger partial charge in [-0.25, -0.2) is 4.39 Å². The molecule has 0 radical (unpaired) electrons. The Bertz CT molecular complexity index is 405. The van der Waals surface area contributed by atoms with Crippen LogP contribution in [-0.4, -0.2) is 28.6 Å². The summed E-state index contributed by atoms with van der Waals surface area (Å²) in [6.07, 6.45) is 0.851. The lowest BCUT2D eigenvalue weighted by atomic mass is 10.1. The maximum Gasteiger partial charge on any atom is 0.317 e. The summed E-state index contributed by atoms with van der Waals surface area (Å²) in [5.41, 5.74) is 0.767. The molecule has 1 N–H and O–H groups in total. The van der Waals surface area contributed by atoms with Crippen molar-refractivity contribution in [3.63, 3.8) is 0 Å². The molecular weight excluding hydrogens is 301 g/mol. The molecule has 5 heteroatoms. The van der Waals surface area contributed by atoms with Gasteiger partial charge in [-0.05, 0) is 37.1 Å². The van der Waals surface area contributed by atoms with Crippen molar-refractivity contribution in [2.24, 2.45) is 0 Å². The Morgan fingerprint density at radius 2 is 2.17 bits per heavy atom. The highest BCUT2D eigenvalue weighted by Gasteiger charge is 2.16. The Labute approximate surface area is 115 Å². The van der Waals surface area contributed by atoms with Gasteiger partial charge in [-0.15, -0.1) is 0 Å². The summed E-state index contributed by atoms with van der Waals surface area (Å²) in [7, 11) is 0. The van der Waals surface area contributed by atoms with E-state index in [4.69, 9.17) is 5.11 Å². The first-order valence-electron chi connectivity index (χ1n) is 5.83. The average Bonchev–Trinajstić information content (AvgIpc) is 2.25. The van der Waals surface area contributed by atoms with E-state index in [1.807, 2.05) is 18.7 Å². The molecule has 1 unspecified atom stereocenters. The minimum absolute atomic E-state index is 0.0386. The molecule has 0 saturated heterocycles. The first kappa shape index (κ1) is 15.1. The fourth-order valence-electron chi connectivity index (χ4n) is 1.74. The van der Waals surface area contributed by atoms with Gasteiger partial charge in [0.15, 0.2) is 0 Å². The SMILES string of the molecule is CCC(C)N(CC(=O)O)Cc1cc(F)cc(Br)c1. The second kappa shape index (κ2) is 6.85. The lowest BCUT2D eigenvalue weighted by molar-refractivity contribution is -0.139. The summed E-state index contributed by atoms with van der Waals surface area (Å²) in [4.78, 5) is 12.7. The second-order valence-corrected chi connectivity index (χ2v) is 5.25. The van der Waals surface area contributed by atoms with E-state index >= 15 is 0 Å². The van der Waals surface area contributed by atoms with Crippen molar-refractivity contribution in [2.75, 3.05) is 6.54 Å². The van der Waals surface area contributed by atoms with Crippen LogP contribution in [0.5, 0.6) is 0 Å². The van der Waals surface area contributed by atoms with Gasteiger partial charge in [-0.3, -0.25) is 9.69 Å². The molecule has 0 heterocycles. The van der Waals surface area contributed by atoms with Crippen molar-refractivity contribution < 1.29 is 14.3 Å². The van der Waals surface area contributed by atoms with Crippen molar-refractivity contribution in [3.05, 3.63) is 34.1 Å². The van der Waals surface area contributed by atoms with Gasteiger partial charge >= 0.3 is 5.97 Å². The molecule has 0 amide bonds. The predicted molar refractivity (Wildman–Crippen MR) is 71.9 cm³/mol. The summed E-state index contributed by atoms with van der Waals surface area (Å²) in [5.74, 6) is -1.19. The number of nitrogens with zero attached hydrogens (tertiary/aromatic N) is 1. The van der Waals surface area contributed by atoms with E-state index < -0.39 is 5.97 Å². The second-order valence-electron chi connectivity index (χ2n) is 4.33. The molecule has 0 aliphatic heterocycles. The minimum atomic E-state index is -0.870. The smallest absolute Gasteiger partial charge is 0.317 e. The molecule has 0 spiro atoms. The lowest BCUT2D eigenvalue weighted by Crippen LogP contribution is -2.36. The molecule has 1 rings (SSSR count). The molecule has 3 nitrogen and oxygen atoms in total. The highest BCUT2D eigenvalue weighted by Crippen LogP contribution is 2.17. The number of aliphatic carboxylic acids is 1. The Morgan fingerprint density at radius 1 is 1.50 bits per heavy atom. The fourth-order valence-corrected chi connectivity index (χ4v) is 2.25. The third kappa shape index (κ3) is 4.74. The highest BCUT2D eigenvalue weighted by atomic mass is 79.9. The van der Waals surface area contributed by atoms with Gasteiger partial charge in [0.2, 0.25) is 0 Å². The zero-order valence-corrected chi connectivity index (χ0v) is 12.1. The van der Waals surface area contributed by atoms with Crippen LogP contribution in [0.15, 0.2) is 22.7 Å². The van der Waals surface area contributed by atoms with E-state index in [2.05, 4.69) is 15.9 Å². The monoisotopic (exact) mass is 317 g/mol. The van der Waals surface area contributed by atoms with E-state index in [9.17, 15) is 9.18 Å². The topological polar surface area (TPSA) is 40.5 Å². The molecule has 1 atom stereocenters. The zero-order valence-electron chi connectivity index (χ0n) is 10.5. The zero-order chi connectivity index (χ0) is 13.7. The van der Waals surface area contributed by atoms with Crippen molar-refractivity contribution in [1.29, 1.82) is 0 Å². The van der Waals surface area contributed by atoms with Crippen LogP contribution in [-0.2, 0) is 11.3 Å². The van der Waals surface area contributed by atoms with Crippen molar-refractivity contribution >= 4 is 21.9 Å². The normalized spacial score (nSPS) is 12.7. The van der Waals surface area contributed by atoms with Gasteiger partial charge < -0.3 is 5.11 Å². The van der Waals surface area contributed by atoms with Gasteiger partial charge in [-0.2, -0.15) is 0 Å². The maximum absolute atomic E-state index is 13.3. The molecule has 0 saturated carbocycles. The summed E-state index contributed by atoms with van der Waals surface area (Å²) in [6, 6.07) is 4.76. The molecule has 0 bridgehead atoms. The fraction of sp³-hybridized carbons (Fsp3) is 0.462. The van der Waals surface area contributed by atoms with E-state index in [0.717, 1.165) is 12.0 Å². The predicted octanol–water partition coefficient (Wildman–Crippen LogP) is 3.27. The van der Waals surface area contributed by atoms with Gasteiger partial charge in [0.1, 0.15) is 5.82 Å². The molecule has 0 aliphatic rings. The molecule has 1 aromatic rings. The standard InChI is InChI=1S/C13H17BrFNO2/c1-3-9(2)16(8-13(17)18)7-10-4-11(14)6-12(15)5-10/h4-6,9H,3,7-8H2,1-2H3,(H,17,18). The summed E-state index contributed by atoms with van der Waals surface area (Å²) in [5, 5.41) is 8.89. The third-order valence-corrected chi connectivity index (χ3v) is 3.32. The van der Waals surface area contributed by atoms with Crippen LogP contribution in [0.25, 0.3) is 0 Å². The molecule has 0 aromatic heterocycles. The van der Waals surface area contributed by atoms with Crippen LogP contribution >= 0.6 is 15.9 Å². The van der Waals surface area contributed by atoms with Crippen LogP contribution in [0, 0.1) is 5.82 Å². The average molecular weight is 318 g/mol. The van der Waals surface area contributed by atoms with Crippen LogP contribution in [0.4, 0.5) is 4.39 Å². The number of halogens is 2. The number of carboxylic acids is 1. The van der Waals surface area contributed by atoms with Crippen LogP contribution in [0.1, 0.15) is 25.8 Å². The Morgan fingerprint density at radius 3 is 2.67 bits per heavy atom. The van der Waals surface area contributed by atoms with Crippen molar-refractivity contribution in [1.82, 2.24) is 4.90 Å². The number of rotatable bonds is 6. The number of hydrogen-bond acceptors (Lipinski definition) is 2. The molecule has 18 heavy (non-hydrogen) atoms. The quantitative estimate of drug-likeness (QED) is 0.875. The Kier molecular flexibility index (Phi) is 5.75. The molecule has 1 aromatic carbocycles. The Hall–Kier alpha value is -0.940. The van der Waals surface area contributed by atoms with Crippen molar-refractivity contribution in [2.45, 2.75) is 32.9 Å².